The number of fused-ring (bicyclic) bond motifs is 1. The van der Waals surface area contributed by atoms with Gasteiger partial charge in [-0.15, -0.1) is 0 Å². The zero-order valence-electron chi connectivity index (χ0n) is 18.2. The first kappa shape index (κ1) is 23.1. The standard InChI is InChI=1S/C24H28N2O6/c1-16(2)14-30-19-7-5-18(6-8-19)23(28)26-20(24(29)25-10-3-11-27)12-17-4-9-21-22(13-17)32-15-31-21/h4-9,12-13,16,27H,3,10-11,14-15H2,1-2H3,(H,25,29)(H,26,28)/b20-12+. The summed E-state index contributed by atoms with van der Waals surface area (Å²) in [6, 6.07) is 12.0. The first-order chi connectivity index (χ1) is 15.5. The van der Waals surface area contributed by atoms with E-state index in [0.717, 1.165) is 0 Å². The molecule has 8 nitrogen and oxygen atoms in total. The molecule has 0 saturated heterocycles. The molecule has 2 amide bonds. The number of hydrogen-bond acceptors (Lipinski definition) is 6. The van der Waals surface area contributed by atoms with Gasteiger partial charge < -0.3 is 30.0 Å². The molecule has 0 bridgehead atoms. The zero-order chi connectivity index (χ0) is 22.9. The summed E-state index contributed by atoms with van der Waals surface area (Å²) in [4.78, 5) is 25.5. The van der Waals surface area contributed by atoms with Crippen LogP contribution in [0, 0.1) is 5.92 Å². The third-order valence-corrected chi connectivity index (χ3v) is 4.52. The molecule has 0 radical (unpaired) electrons. The predicted octanol–water partition coefficient (Wildman–Crippen LogP) is 2.72. The molecule has 1 aliphatic heterocycles. The van der Waals surface area contributed by atoms with Crippen molar-refractivity contribution < 1.29 is 28.9 Å². The van der Waals surface area contributed by atoms with Gasteiger partial charge in [0.05, 0.1) is 6.61 Å². The van der Waals surface area contributed by atoms with Crippen molar-refractivity contribution in [2.24, 2.45) is 5.92 Å². The van der Waals surface area contributed by atoms with Crippen molar-refractivity contribution in [3.8, 4) is 17.2 Å². The first-order valence-corrected chi connectivity index (χ1v) is 10.5. The van der Waals surface area contributed by atoms with Gasteiger partial charge in [-0.2, -0.15) is 0 Å². The molecule has 170 valence electrons. The fourth-order valence-electron chi connectivity index (χ4n) is 2.86. The van der Waals surface area contributed by atoms with E-state index in [0.29, 0.717) is 47.3 Å². The van der Waals surface area contributed by atoms with Crippen molar-refractivity contribution in [2.75, 3.05) is 26.6 Å². The highest BCUT2D eigenvalue weighted by atomic mass is 16.7. The van der Waals surface area contributed by atoms with E-state index in [1.165, 1.54) is 0 Å². The Hall–Kier alpha value is -3.52. The normalized spacial score (nSPS) is 12.6. The number of ether oxygens (including phenoxy) is 3. The first-order valence-electron chi connectivity index (χ1n) is 10.5. The number of nitrogens with one attached hydrogen (secondary N) is 2. The Morgan fingerprint density at radius 3 is 2.59 bits per heavy atom. The van der Waals surface area contributed by atoms with Crippen LogP contribution in [0.15, 0.2) is 48.2 Å². The molecule has 8 heteroatoms. The van der Waals surface area contributed by atoms with Crippen LogP contribution in [0.1, 0.15) is 36.2 Å². The second-order valence-corrected chi connectivity index (χ2v) is 7.69. The van der Waals surface area contributed by atoms with Gasteiger partial charge in [-0.3, -0.25) is 9.59 Å². The van der Waals surface area contributed by atoms with E-state index in [1.54, 1.807) is 48.5 Å². The molecular formula is C24H28N2O6. The van der Waals surface area contributed by atoms with Crippen molar-refractivity contribution in [1.29, 1.82) is 0 Å². The number of hydrogen-bond donors (Lipinski definition) is 3. The average Bonchev–Trinajstić information content (AvgIpc) is 3.25. The minimum Gasteiger partial charge on any atom is -0.493 e. The lowest BCUT2D eigenvalue weighted by atomic mass is 10.1. The summed E-state index contributed by atoms with van der Waals surface area (Å²) in [6.07, 6.45) is 1.98. The molecule has 0 saturated carbocycles. The second-order valence-electron chi connectivity index (χ2n) is 7.69. The fraction of sp³-hybridized carbons (Fsp3) is 0.333. The summed E-state index contributed by atoms with van der Waals surface area (Å²) in [5.74, 6) is 1.38. The highest BCUT2D eigenvalue weighted by Crippen LogP contribution is 2.33. The quantitative estimate of drug-likeness (QED) is 0.388. The minimum atomic E-state index is -0.457. The number of benzene rings is 2. The van der Waals surface area contributed by atoms with Gasteiger partial charge >= 0.3 is 0 Å². The van der Waals surface area contributed by atoms with Gasteiger partial charge in [0.25, 0.3) is 11.8 Å². The van der Waals surface area contributed by atoms with Crippen LogP contribution in [0.25, 0.3) is 6.08 Å². The van der Waals surface area contributed by atoms with Crippen LogP contribution < -0.4 is 24.8 Å². The van der Waals surface area contributed by atoms with Crippen molar-refractivity contribution in [3.63, 3.8) is 0 Å². The van der Waals surface area contributed by atoms with Crippen molar-refractivity contribution >= 4 is 17.9 Å². The Balaban J connectivity index is 1.75. The summed E-state index contributed by atoms with van der Waals surface area (Å²) in [5, 5.41) is 14.3. The molecule has 0 spiro atoms. The van der Waals surface area contributed by atoms with Crippen molar-refractivity contribution in [1.82, 2.24) is 10.6 Å². The van der Waals surface area contributed by atoms with E-state index in [9.17, 15) is 9.59 Å². The van der Waals surface area contributed by atoms with Gasteiger partial charge in [-0.1, -0.05) is 19.9 Å². The van der Waals surface area contributed by atoms with Gasteiger partial charge in [-0.05, 0) is 60.4 Å². The van der Waals surface area contributed by atoms with Crippen LogP contribution in [0.5, 0.6) is 17.2 Å². The van der Waals surface area contributed by atoms with E-state index >= 15 is 0 Å². The molecule has 2 aromatic carbocycles. The predicted molar refractivity (Wildman–Crippen MR) is 119 cm³/mol. The van der Waals surface area contributed by atoms with Gasteiger partial charge in [0.1, 0.15) is 11.4 Å². The molecule has 2 aromatic rings. The van der Waals surface area contributed by atoms with Crippen LogP contribution in [0.2, 0.25) is 0 Å². The maximum Gasteiger partial charge on any atom is 0.267 e. The van der Waals surface area contributed by atoms with Gasteiger partial charge in [-0.25, -0.2) is 0 Å². The minimum absolute atomic E-state index is 0.0426. The van der Waals surface area contributed by atoms with Gasteiger partial charge in [0.2, 0.25) is 6.79 Å². The van der Waals surface area contributed by atoms with E-state index < -0.39 is 11.8 Å². The van der Waals surface area contributed by atoms with E-state index in [1.807, 2.05) is 0 Å². The molecular weight excluding hydrogens is 412 g/mol. The SMILES string of the molecule is CC(C)COc1ccc(C(=O)N/C(=C/c2ccc3c(c2)OCO3)C(=O)NCCCO)cc1. The summed E-state index contributed by atoms with van der Waals surface area (Å²) in [6.45, 7) is 5.08. The number of rotatable bonds is 10. The fourth-order valence-corrected chi connectivity index (χ4v) is 2.86. The average molecular weight is 440 g/mol. The maximum atomic E-state index is 12.8. The molecule has 1 aliphatic rings. The smallest absolute Gasteiger partial charge is 0.267 e. The number of amides is 2. The number of carbonyl (C=O) groups is 2. The molecule has 3 N–H and O–H groups in total. The van der Waals surface area contributed by atoms with Crippen LogP contribution in [-0.4, -0.2) is 43.5 Å². The Labute approximate surface area is 187 Å². The Morgan fingerprint density at radius 1 is 1.12 bits per heavy atom. The molecule has 0 aromatic heterocycles. The Kier molecular flexibility index (Phi) is 8.10. The molecule has 0 fully saturated rings. The largest absolute Gasteiger partial charge is 0.493 e. The monoisotopic (exact) mass is 440 g/mol. The molecule has 0 unspecified atom stereocenters. The van der Waals surface area contributed by atoms with E-state index in [4.69, 9.17) is 19.3 Å². The molecule has 32 heavy (non-hydrogen) atoms. The van der Waals surface area contributed by atoms with Crippen molar-refractivity contribution in [2.45, 2.75) is 20.3 Å². The number of aliphatic hydroxyl groups excluding tert-OH is 1. The third kappa shape index (κ3) is 6.49. The Bertz CT molecular complexity index is 969. The topological polar surface area (TPSA) is 106 Å². The lowest BCUT2D eigenvalue weighted by Crippen LogP contribution is -2.35. The summed E-state index contributed by atoms with van der Waals surface area (Å²) in [5.41, 5.74) is 1.13. The third-order valence-electron chi connectivity index (χ3n) is 4.52. The van der Waals surface area contributed by atoms with Crippen LogP contribution in [-0.2, 0) is 4.79 Å². The van der Waals surface area contributed by atoms with E-state index in [-0.39, 0.29) is 25.6 Å². The summed E-state index contributed by atoms with van der Waals surface area (Å²) in [7, 11) is 0. The number of aliphatic hydroxyl groups is 1. The molecule has 0 atom stereocenters. The zero-order valence-corrected chi connectivity index (χ0v) is 18.2. The molecule has 0 aliphatic carbocycles. The molecule has 1 heterocycles. The maximum absolute atomic E-state index is 12.8. The summed E-state index contributed by atoms with van der Waals surface area (Å²) >= 11 is 0. The summed E-state index contributed by atoms with van der Waals surface area (Å²) < 4.78 is 16.3. The van der Waals surface area contributed by atoms with Crippen LogP contribution in [0.4, 0.5) is 0 Å². The van der Waals surface area contributed by atoms with Crippen LogP contribution in [0.3, 0.4) is 0 Å². The second kappa shape index (κ2) is 11.2. The van der Waals surface area contributed by atoms with Crippen LogP contribution >= 0.6 is 0 Å². The Morgan fingerprint density at radius 2 is 1.88 bits per heavy atom. The highest BCUT2D eigenvalue weighted by molar-refractivity contribution is 6.05. The van der Waals surface area contributed by atoms with Gasteiger partial charge in [0.15, 0.2) is 11.5 Å². The highest BCUT2D eigenvalue weighted by Gasteiger charge is 2.17. The molecule has 3 rings (SSSR count). The lowest BCUT2D eigenvalue weighted by Gasteiger charge is -2.12. The lowest BCUT2D eigenvalue weighted by molar-refractivity contribution is -0.117. The number of carbonyl (C=O) groups excluding carboxylic acids is 2. The van der Waals surface area contributed by atoms with E-state index in [2.05, 4.69) is 24.5 Å². The van der Waals surface area contributed by atoms with Crippen molar-refractivity contribution in [3.05, 3.63) is 59.3 Å². The van der Waals surface area contributed by atoms with Gasteiger partial charge in [0, 0.05) is 18.7 Å².